The average molecular weight is 160 g/mol. The molecule has 0 bridgehead atoms. The molecule has 1 N–H and O–H groups in total. The Bertz CT molecular complexity index is 279. The van der Waals surface area contributed by atoms with Crippen LogP contribution < -0.4 is 5.32 Å². The Balaban J connectivity index is 2.22. The molecule has 1 aliphatic rings. The van der Waals surface area contributed by atoms with E-state index in [1.165, 1.54) is 11.3 Å². The van der Waals surface area contributed by atoms with Crippen molar-refractivity contribution in [2.75, 3.05) is 12.4 Å². The quantitative estimate of drug-likeness (QED) is 0.621. The van der Waals surface area contributed by atoms with Gasteiger partial charge in [-0.15, -0.1) is 0 Å². The van der Waals surface area contributed by atoms with Gasteiger partial charge in [-0.25, -0.2) is 0 Å². The van der Waals surface area contributed by atoms with Gasteiger partial charge in [-0.1, -0.05) is 18.2 Å². The van der Waals surface area contributed by atoms with Crippen molar-refractivity contribution in [3.8, 4) is 0 Å². The van der Waals surface area contributed by atoms with Crippen LogP contribution in [0.2, 0.25) is 0 Å². The lowest BCUT2D eigenvalue weighted by atomic mass is 10.1. The maximum atomic E-state index is 4.01. The number of hydrogen-bond donors (Lipinski definition) is 1. The first-order valence-corrected chi connectivity index (χ1v) is 4.17. The Hall–Kier alpha value is -1.31. The van der Waals surface area contributed by atoms with E-state index in [9.17, 15) is 0 Å². The monoisotopic (exact) mass is 160 g/mol. The van der Waals surface area contributed by atoms with E-state index in [-0.39, 0.29) is 0 Å². The van der Waals surface area contributed by atoms with Crippen LogP contribution in [0.15, 0.2) is 29.3 Å². The van der Waals surface area contributed by atoms with E-state index in [2.05, 4.69) is 34.6 Å². The lowest BCUT2D eigenvalue weighted by Gasteiger charge is -2.02. The van der Waals surface area contributed by atoms with Crippen LogP contribution in [0.5, 0.6) is 0 Å². The molecule has 2 rings (SSSR count). The number of anilines is 1. The average Bonchev–Trinajstić information content (AvgIpc) is 2.47. The first-order valence-electron chi connectivity index (χ1n) is 4.17. The summed E-state index contributed by atoms with van der Waals surface area (Å²) in [6.45, 7) is 0. The lowest BCUT2D eigenvalue weighted by molar-refractivity contribution is 0.984. The van der Waals surface area contributed by atoms with Gasteiger partial charge < -0.3 is 5.32 Å². The molecule has 12 heavy (non-hydrogen) atoms. The number of fused-ring (bicyclic) bond motifs is 1. The summed E-state index contributed by atoms with van der Waals surface area (Å²) in [7, 11) is 1.81. The Labute approximate surface area is 72.3 Å². The summed E-state index contributed by atoms with van der Waals surface area (Å²) in [6, 6.07) is 8.79. The topological polar surface area (TPSA) is 24.4 Å². The molecule has 0 aromatic heterocycles. The fourth-order valence-corrected chi connectivity index (χ4v) is 1.60. The summed E-state index contributed by atoms with van der Waals surface area (Å²) in [6.07, 6.45) is 3.02. The van der Waals surface area contributed by atoms with Gasteiger partial charge in [-0.05, 0) is 18.1 Å². The molecule has 1 aromatic carbocycles. The van der Waals surface area contributed by atoms with Gasteiger partial charge in [0.05, 0.1) is 6.04 Å². The van der Waals surface area contributed by atoms with Crippen molar-refractivity contribution in [1.82, 2.24) is 0 Å². The van der Waals surface area contributed by atoms with Gasteiger partial charge in [-0.2, -0.15) is 0 Å². The zero-order valence-electron chi connectivity index (χ0n) is 7.12. The number of rotatable bonds is 1. The Kier molecular flexibility index (Phi) is 1.82. The molecule has 0 aliphatic carbocycles. The van der Waals surface area contributed by atoms with Crippen molar-refractivity contribution in [3.05, 3.63) is 29.8 Å². The van der Waals surface area contributed by atoms with Crippen molar-refractivity contribution in [2.45, 2.75) is 12.5 Å². The number of benzene rings is 1. The Morgan fingerprint density at radius 3 is 3.08 bits per heavy atom. The molecule has 0 radical (unpaired) electrons. The summed E-state index contributed by atoms with van der Waals surface area (Å²) in [4.78, 5) is 4.01. The van der Waals surface area contributed by atoms with Gasteiger partial charge in [-0.3, -0.25) is 4.99 Å². The Morgan fingerprint density at radius 1 is 1.50 bits per heavy atom. The molecule has 1 aromatic rings. The smallest absolute Gasteiger partial charge is 0.0652 e. The molecule has 0 fully saturated rings. The normalized spacial score (nSPS) is 20.9. The first kappa shape index (κ1) is 7.35. The highest BCUT2D eigenvalue weighted by Gasteiger charge is 2.16. The lowest BCUT2D eigenvalue weighted by Crippen LogP contribution is -2.16. The highest BCUT2D eigenvalue weighted by atomic mass is 15.0. The maximum Gasteiger partial charge on any atom is 0.0652 e. The summed E-state index contributed by atoms with van der Waals surface area (Å²) >= 11 is 0. The highest BCUT2D eigenvalue weighted by Crippen LogP contribution is 2.23. The minimum atomic E-state index is 0.396. The standard InChI is InChI=1S/C10H12N2/c1-11-7-9-6-8-4-2-3-5-10(8)12-9/h2-5,7,9,12H,6H2,1H3/t9-/m0/s1. The third-order valence-corrected chi connectivity index (χ3v) is 2.13. The van der Waals surface area contributed by atoms with Crippen LogP contribution in [-0.2, 0) is 6.42 Å². The second kappa shape index (κ2) is 2.97. The van der Waals surface area contributed by atoms with Crippen molar-refractivity contribution in [3.63, 3.8) is 0 Å². The van der Waals surface area contributed by atoms with E-state index >= 15 is 0 Å². The fraction of sp³-hybridized carbons (Fsp3) is 0.300. The predicted molar refractivity (Wildman–Crippen MR) is 52.0 cm³/mol. The molecule has 0 saturated heterocycles. The molecule has 62 valence electrons. The van der Waals surface area contributed by atoms with Gasteiger partial charge in [0.15, 0.2) is 0 Å². The second-order valence-electron chi connectivity index (χ2n) is 3.02. The minimum absolute atomic E-state index is 0.396. The number of nitrogens with one attached hydrogen (secondary N) is 1. The maximum absolute atomic E-state index is 4.01. The molecule has 1 atom stereocenters. The molecule has 2 heteroatoms. The zero-order chi connectivity index (χ0) is 8.39. The van der Waals surface area contributed by atoms with E-state index in [1.807, 2.05) is 13.3 Å². The van der Waals surface area contributed by atoms with E-state index < -0.39 is 0 Å². The molecule has 0 saturated carbocycles. The van der Waals surface area contributed by atoms with Crippen LogP contribution in [0.25, 0.3) is 0 Å². The van der Waals surface area contributed by atoms with Crippen LogP contribution in [0.1, 0.15) is 5.56 Å². The number of para-hydroxylation sites is 1. The van der Waals surface area contributed by atoms with Gasteiger partial charge >= 0.3 is 0 Å². The molecule has 0 unspecified atom stereocenters. The summed E-state index contributed by atoms with van der Waals surface area (Å²) in [5, 5.41) is 3.39. The summed E-state index contributed by atoms with van der Waals surface area (Å²) in [5.41, 5.74) is 2.64. The number of nitrogens with zero attached hydrogens (tertiary/aromatic N) is 1. The first-order chi connectivity index (χ1) is 5.90. The summed E-state index contributed by atoms with van der Waals surface area (Å²) in [5.74, 6) is 0. The van der Waals surface area contributed by atoms with Crippen molar-refractivity contribution < 1.29 is 0 Å². The van der Waals surface area contributed by atoms with E-state index in [1.54, 1.807) is 0 Å². The number of hydrogen-bond acceptors (Lipinski definition) is 2. The molecule has 0 amide bonds. The SMILES string of the molecule is CN=C[C@@H]1Cc2ccccc2N1. The van der Waals surface area contributed by atoms with Gasteiger partial charge in [0.1, 0.15) is 0 Å². The minimum Gasteiger partial charge on any atom is -0.377 e. The number of aliphatic imine (C=N–C) groups is 1. The molecular formula is C10H12N2. The molecule has 0 spiro atoms. The van der Waals surface area contributed by atoms with E-state index in [0.29, 0.717) is 6.04 Å². The van der Waals surface area contributed by atoms with Gasteiger partial charge in [0.2, 0.25) is 0 Å². The van der Waals surface area contributed by atoms with Crippen LogP contribution in [0.3, 0.4) is 0 Å². The molecule has 1 heterocycles. The van der Waals surface area contributed by atoms with Crippen LogP contribution >= 0.6 is 0 Å². The van der Waals surface area contributed by atoms with E-state index in [0.717, 1.165) is 6.42 Å². The largest absolute Gasteiger partial charge is 0.377 e. The fourth-order valence-electron chi connectivity index (χ4n) is 1.60. The van der Waals surface area contributed by atoms with Crippen LogP contribution in [0, 0.1) is 0 Å². The van der Waals surface area contributed by atoms with Gasteiger partial charge in [0, 0.05) is 18.9 Å². The third kappa shape index (κ3) is 1.20. The van der Waals surface area contributed by atoms with Crippen LogP contribution in [-0.4, -0.2) is 19.3 Å². The summed E-state index contributed by atoms with van der Waals surface area (Å²) < 4.78 is 0. The van der Waals surface area contributed by atoms with Crippen molar-refractivity contribution >= 4 is 11.9 Å². The van der Waals surface area contributed by atoms with Crippen molar-refractivity contribution in [1.29, 1.82) is 0 Å². The van der Waals surface area contributed by atoms with Gasteiger partial charge in [0.25, 0.3) is 0 Å². The Morgan fingerprint density at radius 2 is 2.33 bits per heavy atom. The van der Waals surface area contributed by atoms with Crippen molar-refractivity contribution in [2.24, 2.45) is 4.99 Å². The predicted octanol–water partition coefficient (Wildman–Crippen LogP) is 1.72. The second-order valence-corrected chi connectivity index (χ2v) is 3.02. The molecule has 1 aliphatic heterocycles. The molecular weight excluding hydrogens is 148 g/mol. The molecule has 2 nitrogen and oxygen atoms in total. The van der Waals surface area contributed by atoms with E-state index in [4.69, 9.17) is 0 Å². The highest BCUT2D eigenvalue weighted by molar-refractivity contribution is 5.74. The zero-order valence-corrected chi connectivity index (χ0v) is 7.12. The third-order valence-electron chi connectivity index (χ3n) is 2.13. The van der Waals surface area contributed by atoms with Crippen LogP contribution in [0.4, 0.5) is 5.69 Å².